The van der Waals surface area contributed by atoms with Gasteiger partial charge in [0.25, 0.3) is 5.91 Å². The third kappa shape index (κ3) is 6.23. The van der Waals surface area contributed by atoms with Crippen molar-refractivity contribution in [3.63, 3.8) is 0 Å². The lowest BCUT2D eigenvalue weighted by atomic mass is 10.1. The number of amides is 2. The predicted molar refractivity (Wildman–Crippen MR) is 127 cm³/mol. The lowest BCUT2D eigenvalue weighted by Gasteiger charge is -2.31. The Bertz CT molecular complexity index is 891. The fourth-order valence-electron chi connectivity index (χ4n) is 3.24. The van der Waals surface area contributed by atoms with Crippen molar-refractivity contribution in [1.29, 1.82) is 0 Å². The van der Waals surface area contributed by atoms with Crippen molar-refractivity contribution in [2.45, 2.75) is 46.7 Å². The maximum atomic E-state index is 13.4. The van der Waals surface area contributed by atoms with Gasteiger partial charge in [-0.1, -0.05) is 20.8 Å². The van der Waals surface area contributed by atoms with E-state index in [1.54, 1.807) is 31.4 Å². The van der Waals surface area contributed by atoms with Crippen LogP contribution in [0.2, 0.25) is 0 Å². The number of methoxy groups -OCH3 is 1. The van der Waals surface area contributed by atoms with E-state index in [2.05, 4.69) is 19.2 Å². The van der Waals surface area contributed by atoms with Gasteiger partial charge in [0.2, 0.25) is 5.91 Å². The first kappa shape index (κ1) is 24.3. The molecule has 0 saturated heterocycles. The smallest absolute Gasteiger partial charge is 0.254 e. The molecule has 2 aromatic rings. The van der Waals surface area contributed by atoms with Crippen molar-refractivity contribution in [2.75, 3.05) is 31.4 Å². The normalized spacial score (nSPS) is 11.7. The highest BCUT2D eigenvalue weighted by Crippen LogP contribution is 2.27. The highest BCUT2D eigenvalue weighted by atomic mass is 16.5. The van der Waals surface area contributed by atoms with Crippen molar-refractivity contribution in [3.8, 4) is 5.75 Å². The number of carbonyl (C=O) groups is 2. The van der Waals surface area contributed by atoms with Gasteiger partial charge in [0.05, 0.1) is 7.11 Å². The molecule has 0 saturated carbocycles. The van der Waals surface area contributed by atoms with Gasteiger partial charge >= 0.3 is 0 Å². The molecule has 0 aliphatic heterocycles. The molecule has 0 fully saturated rings. The summed E-state index contributed by atoms with van der Waals surface area (Å²) in [6, 6.07) is 13.1. The Kier molecular flexibility index (Phi) is 8.48. The average molecular weight is 426 g/mol. The van der Waals surface area contributed by atoms with Crippen LogP contribution in [0.1, 0.15) is 50.0 Å². The number of carbonyl (C=O) groups excluding carboxylic acids is 2. The van der Waals surface area contributed by atoms with Crippen LogP contribution in [0.15, 0.2) is 42.5 Å². The van der Waals surface area contributed by atoms with Gasteiger partial charge in [0.15, 0.2) is 0 Å². The molecule has 0 aromatic heterocycles. The molecule has 0 radical (unpaired) electrons. The Morgan fingerprint density at radius 2 is 1.68 bits per heavy atom. The molecule has 0 heterocycles. The maximum absolute atomic E-state index is 13.4. The van der Waals surface area contributed by atoms with Crippen molar-refractivity contribution >= 4 is 23.2 Å². The van der Waals surface area contributed by atoms with E-state index in [0.717, 1.165) is 29.1 Å². The molecule has 0 spiro atoms. The first-order chi connectivity index (χ1) is 14.7. The SMILES string of the molecule is CC[C@H](C)N(Cc1cc(NC(=O)C(C)C)ccc1N(C)C)C(=O)c1ccc(OC)cc1. The van der Waals surface area contributed by atoms with Crippen LogP contribution in [-0.4, -0.2) is 44.0 Å². The lowest BCUT2D eigenvalue weighted by Crippen LogP contribution is -2.38. The van der Waals surface area contributed by atoms with E-state index in [1.165, 1.54) is 0 Å². The molecule has 0 unspecified atom stereocenters. The third-order valence-corrected chi connectivity index (χ3v) is 5.41. The predicted octanol–water partition coefficient (Wildman–Crippen LogP) is 4.80. The van der Waals surface area contributed by atoms with Gasteiger partial charge in [-0.25, -0.2) is 0 Å². The maximum Gasteiger partial charge on any atom is 0.254 e. The van der Waals surface area contributed by atoms with Gasteiger partial charge in [-0.15, -0.1) is 0 Å². The van der Waals surface area contributed by atoms with E-state index in [4.69, 9.17) is 4.74 Å². The van der Waals surface area contributed by atoms with Crippen molar-refractivity contribution < 1.29 is 14.3 Å². The molecule has 6 heteroatoms. The molecule has 168 valence electrons. The van der Waals surface area contributed by atoms with E-state index in [9.17, 15) is 9.59 Å². The Balaban J connectivity index is 2.39. The fourth-order valence-corrected chi connectivity index (χ4v) is 3.24. The topological polar surface area (TPSA) is 61.9 Å². The second-order valence-electron chi connectivity index (χ2n) is 8.30. The minimum atomic E-state index is -0.106. The largest absolute Gasteiger partial charge is 0.497 e. The lowest BCUT2D eigenvalue weighted by molar-refractivity contribution is -0.118. The van der Waals surface area contributed by atoms with E-state index < -0.39 is 0 Å². The summed E-state index contributed by atoms with van der Waals surface area (Å²) < 4.78 is 5.21. The van der Waals surface area contributed by atoms with Crippen molar-refractivity contribution in [2.24, 2.45) is 5.92 Å². The van der Waals surface area contributed by atoms with Gasteiger partial charge < -0.3 is 19.9 Å². The number of benzene rings is 2. The second kappa shape index (κ2) is 10.8. The minimum absolute atomic E-state index is 0.0293. The summed E-state index contributed by atoms with van der Waals surface area (Å²) in [7, 11) is 5.56. The number of rotatable bonds is 9. The summed E-state index contributed by atoms with van der Waals surface area (Å²) in [6.07, 6.45) is 0.836. The Morgan fingerprint density at radius 3 is 2.19 bits per heavy atom. The van der Waals surface area contributed by atoms with E-state index in [1.807, 2.05) is 55.9 Å². The van der Waals surface area contributed by atoms with Crippen LogP contribution in [0.25, 0.3) is 0 Å². The van der Waals surface area contributed by atoms with Crippen LogP contribution in [-0.2, 0) is 11.3 Å². The average Bonchev–Trinajstić information content (AvgIpc) is 2.76. The van der Waals surface area contributed by atoms with Gasteiger partial charge in [0, 0.05) is 49.5 Å². The quantitative estimate of drug-likeness (QED) is 0.627. The van der Waals surface area contributed by atoms with Crippen molar-refractivity contribution in [3.05, 3.63) is 53.6 Å². The molecule has 1 N–H and O–H groups in total. The zero-order valence-corrected chi connectivity index (χ0v) is 19.7. The van der Waals surface area contributed by atoms with Crippen molar-refractivity contribution in [1.82, 2.24) is 4.90 Å². The van der Waals surface area contributed by atoms with Gasteiger partial charge in [-0.05, 0) is 61.4 Å². The van der Waals surface area contributed by atoms with Crippen LogP contribution in [0, 0.1) is 5.92 Å². The molecular weight excluding hydrogens is 390 g/mol. The summed E-state index contributed by atoms with van der Waals surface area (Å²) in [5, 5.41) is 2.96. The van der Waals surface area contributed by atoms with E-state index >= 15 is 0 Å². The standard InChI is InChI=1S/C25H35N3O3/c1-8-18(4)28(25(30)19-9-12-22(31-7)13-10-19)16-20-15-21(26-24(29)17(2)3)11-14-23(20)27(5)6/h9-15,17-18H,8,16H2,1-7H3,(H,26,29)/t18-/m0/s1. The Labute approximate surface area is 186 Å². The number of hydrogen-bond acceptors (Lipinski definition) is 4. The molecule has 2 rings (SSSR count). The van der Waals surface area contributed by atoms with Crippen LogP contribution in [0.3, 0.4) is 0 Å². The van der Waals surface area contributed by atoms with Crippen LogP contribution >= 0.6 is 0 Å². The fraction of sp³-hybridized carbons (Fsp3) is 0.440. The van der Waals surface area contributed by atoms with Gasteiger partial charge in [-0.3, -0.25) is 9.59 Å². The first-order valence-electron chi connectivity index (χ1n) is 10.7. The summed E-state index contributed by atoms with van der Waals surface area (Å²) in [4.78, 5) is 29.5. The number of nitrogens with one attached hydrogen (secondary N) is 1. The molecule has 0 aliphatic carbocycles. The third-order valence-electron chi connectivity index (χ3n) is 5.41. The summed E-state index contributed by atoms with van der Waals surface area (Å²) in [5.41, 5.74) is 3.35. The molecule has 31 heavy (non-hydrogen) atoms. The van der Waals surface area contributed by atoms with Crippen LogP contribution in [0.4, 0.5) is 11.4 Å². The van der Waals surface area contributed by atoms with Gasteiger partial charge in [-0.2, -0.15) is 0 Å². The molecule has 1 atom stereocenters. The highest BCUT2D eigenvalue weighted by Gasteiger charge is 2.23. The second-order valence-corrected chi connectivity index (χ2v) is 8.30. The zero-order chi connectivity index (χ0) is 23.1. The minimum Gasteiger partial charge on any atom is -0.497 e. The summed E-state index contributed by atoms with van der Waals surface area (Å²) >= 11 is 0. The summed E-state index contributed by atoms with van der Waals surface area (Å²) in [6.45, 7) is 8.30. The number of nitrogens with zero attached hydrogens (tertiary/aromatic N) is 2. The highest BCUT2D eigenvalue weighted by molar-refractivity contribution is 5.95. The first-order valence-corrected chi connectivity index (χ1v) is 10.7. The zero-order valence-electron chi connectivity index (χ0n) is 19.7. The molecule has 0 bridgehead atoms. The Hall–Kier alpha value is -3.02. The number of ether oxygens (including phenoxy) is 1. The summed E-state index contributed by atoms with van der Waals surface area (Å²) in [5.74, 6) is 0.551. The molecule has 6 nitrogen and oxygen atoms in total. The molecule has 0 aliphatic rings. The van der Waals surface area contributed by atoms with E-state index in [-0.39, 0.29) is 23.8 Å². The molecule has 2 amide bonds. The van der Waals surface area contributed by atoms with E-state index in [0.29, 0.717) is 12.1 Å². The molecular formula is C25H35N3O3. The van der Waals surface area contributed by atoms with Crippen LogP contribution < -0.4 is 15.0 Å². The molecule has 2 aromatic carbocycles. The van der Waals surface area contributed by atoms with Gasteiger partial charge in [0.1, 0.15) is 5.75 Å². The number of hydrogen-bond donors (Lipinski definition) is 1. The monoisotopic (exact) mass is 425 g/mol. The Morgan fingerprint density at radius 1 is 1.03 bits per heavy atom. The number of anilines is 2. The van der Waals surface area contributed by atoms with Crippen LogP contribution in [0.5, 0.6) is 5.75 Å².